The van der Waals surface area contributed by atoms with E-state index in [9.17, 15) is 4.39 Å². The molecule has 1 aromatic heterocycles. The summed E-state index contributed by atoms with van der Waals surface area (Å²) in [5.74, 6) is 1.17. The molecule has 0 amide bonds. The van der Waals surface area contributed by atoms with E-state index >= 15 is 0 Å². The van der Waals surface area contributed by atoms with Crippen LogP contribution in [0.25, 0.3) is 0 Å². The summed E-state index contributed by atoms with van der Waals surface area (Å²) in [4.78, 5) is 18.7. The van der Waals surface area contributed by atoms with Gasteiger partial charge in [0.25, 0.3) is 0 Å². The Hall–Kier alpha value is -2.45. The molecule has 2 atom stereocenters. The van der Waals surface area contributed by atoms with Crippen molar-refractivity contribution in [1.82, 2.24) is 9.97 Å². The van der Waals surface area contributed by atoms with Crippen LogP contribution in [0.2, 0.25) is 0 Å². The summed E-state index contributed by atoms with van der Waals surface area (Å²) in [5.41, 5.74) is 6.44. The molecule has 0 radical (unpaired) electrons. The molecule has 9 heteroatoms. The van der Waals surface area contributed by atoms with E-state index in [1.54, 1.807) is 6.92 Å². The number of anilines is 1. The van der Waals surface area contributed by atoms with Crippen molar-refractivity contribution >= 4 is 17.5 Å². The first-order chi connectivity index (χ1) is 11.6. The third-order valence-corrected chi connectivity index (χ3v) is 4.05. The minimum absolute atomic E-state index is 0.0212. The molecule has 0 spiro atoms. The van der Waals surface area contributed by atoms with Gasteiger partial charge in [0.2, 0.25) is 0 Å². The van der Waals surface area contributed by atoms with Crippen LogP contribution in [0.4, 0.5) is 10.2 Å². The first kappa shape index (κ1) is 16.4. The second kappa shape index (κ2) is 6.98. The van der Waals surface area contributed by atoms with Crippen LogP contribution in [0.1, 0.15) is 32.4 Å². The zero-order valence-corrected chi connectivity index (χ0v) is 13.9. The predicted molar refractivity (Wildman–Crippen MR) is 90.0 cm³/mol. The molecule has 24 heavy (non-hydrogen) atoms. The van der Waals surface area contributed by atoms with E-state index in [2.05, 4.69) is 30.2 Å². The van der Waals surface area contributed by atoms with Crippen molar-refractivity contribution in [2.45, 2.75) is 45.3 Å². The number of azo groups is 1. The molecule has 2 N–H and O–H groups in total. The summed E-state index contributed by atoms with van der Waals surface area (Å²) in [6.07, 6.45) is 2.95. The first-order valence-electron chi connectivity index (χ1n) is 8.08. The molecule has 0 saturated carbocycles. The summed E-state index contributed by atoms with van der Waals surface area (Å²) >= 11 is 0. The molecule has 3 rings (SSSR count). The lowest BCUT2D eigenvalue weighted by atomic mass is 10.2. The van der Waals surface area contributed by atoms with Crippen LogP contribution < -0.4 is 10.6 Å². The average Bonchev–Trinajstić information content (AvgIpc) is 3.17. The molecule has 0 bridgehead atoms. The number of aliphatic imine (C=N–C) groups is 2. The van der Waals surface area contributed by atoms with Crippen molar-refractivity contribution in [1.29, 1.82) is 0 Å². The lowest BCUT2D eigenvalue weighted by Crippen LogP contribution is -2.25. The van der Waals surface area contributed by atoms with Crippen LogP contribution in [0, 0.1) is 5.82 Å². The van der Waals surface area contributed by atoms with Gasteiger partial charge in [0.1, 0.15) is 12.2 Å². The van der Waals surface area contributed by atoms with Gasteiger partial charge in [0, 0.05) is 19.5 Å². The zero-order valence-electron chi connectivity index (χ0n) is 13.9. The number of nitrogens with zero attached hydrogens (tertiary/aromatic N) is 7. The lowest BCUT2D eigenvalue weighted by molar-refractivity contribution is 0.588. The van der Waals surface area contributed by atoms with Gasteiger partial charge in [-0.1, -0.05) is 6.92 Å². The number of hydrogen-bond donors (Lipinski definition) is 1. The number of aromatic nitrogens is 2. The number of rotatable bonds is 5. The van der Waals surface area contributed by atoms with Crippen LogP contribution in [0.5, 0.6) is 0 Å². The predicted octanol–water partition coefficient (Wildman–Crippen LogP) is 1.71. The lowest BCUT2D eigenvalue weighted by Gasteiger charge is -2.18. The van der Waals surface area contributed by atoms with Gasteiger partial charge in [-0.15, -0.1) is 5.11 Å². The number of aryl methyl sites for hydroxylation is 1. The number of nitrogens with two attached hydrogens (primary N) is 1. The van der Waals surface area contributed by atoms with Gasteiger partial charge in [0.15, 0.2) is 17.8 Å². The summed E-state index contributed by atoms with van der Waals surface area (Å²) in [5, 5.41) is 7.89. The third-order valence-electron chi connectivity index (χ3n) is 4.05. The monoisotopic (exact) mass is 332 g/mol. The molecular weight excluding hydrogens is 311 g/mol. The molecular formula is C15H21FN8. The van der Waals surface area contributed by atoms with Crippen molar-refractivity contribution in [3.8, 4) is 0 Å². The fourth-order valence-corrected chi connectivity index (χ4v) is 2.88. The van der Waals surface area contributed by atoms with Gasteiger partial charge < -0.3 is 10.6 Å². The smallest absolute Gasteiger partial charge is 0.187 e. The van der Waals surface area contributed by atoms with E-state index < -0.39 is 0 Å². The van der Waals surface area contributed by atoms with Gasteiger partial charge in [-0.25, -0.2) is 19.4 Å². The molecule has 2 aliphatic rings. The quantitative estimate of drug-likeness (QED) is 0.654. The average molecular weight is 332 g/mol. The van der Waals surface area contributed by atoms with E-state index in [1.165, 1.54) is 6.33 Å². The third kappa shape index (κ3) is 3.55. The van der Waals surface area contributed by atoms with Crippen molar-refractivity contribution in [3.63, 3.8) is 0 Å². The van der Waals surface area contributed by atoms with Gasteiger partial charge in [-0.05, 0) is 19.8 Å². The van der Waals surface area contributed by atoms with Gasteiger partial charge >= 0.3 is 0 Å². The second-order valence-corrected chi connectivity index (χ2v) is 5.90. The maximum atomic E-state index is 14.4. The van der Waals surface area contributed by atoms with Crippen molar-refractivity contribution in [2.75, 3.05) is 18.0 Å². The largest absolute Gasteiger partial charge is 0.387 e. The Balaban J connectivity index is 1.63. The fourth-order valence-electron chi connectivity index (χ4n) is 2.88. The van der Waals surface area contributed by atoms with E-state index in [-0.39, 0.29) is 18.0 Å². The molecule has 0 unspecified atom stereocenters. The van der Waals surface area contributed by atoms with Crippen molar-refractivity contribution in [3.05, 3.63) is 17.8 Å². The Bertz CT molecular complexity index is 699. The standard InChI is InChI=1S/C15H21FN8/c1-3-11-14(16)15(19-8-18-11)24-5-4-10(7-24)21-12(17)6-13-20-9(2)22-23-13/h8,10,13H,3-7H2,1-2H3,(H2,17,21)/t10-,13+/m0/s1. The van der Waals surface area contributed by atoms with Crippen LogP contribution in [0.3, 0.4) is 0 Å². The summed E-state index contributed by atoms with van der Waals surface area (Å²) < 4.78 is 14.4. The van der Waals surface area contributed by atoms with E-state index in [1.807, 2.05) is 11.8 Å². The Morgan fingerprint density at radius 2 is 2.29 bits per heavy atom. The Morgan fingerprint density at radius 3 is 3.00 bits per heavy atom. The van der Waals surface area contributed by atoms with Crippen LogP contribution in [-0.2, 0) is 6.42 Å². The van der Waals surface area contributed by atoms with Crippen molar-refractivity contribution < 1.29 is 4.39 Å². The maximum absolute atomic E-state index is 14.4. The molecule has 1 saturated heterocycles. The van der Waals surface area contributed by atoms with Crippen LogP contribution in [0.15, 0.2) is 26.5 Å². The molecule has 1 fully saturated rings. The van der Waals surface area contributed by atoms with Gasteiger partial charge in [-0.2, -0.15) is 5.11 Å². The van der Waals surface area contributed by atoms with Gasteiger partial charge in [0.05, 0.1) is 17.6 Å². The van der Waals surface area contributed by atoms with E-state index in [0.29, 0.717) is 49.1 Å². The Kier molecular flexibility index (Phi) is 4.77. The molecule has 3 heterocycles. The summed E-state index contributed by atoms with van der Waals surface area (Å²) in [6, 6.07) is 0.0212. The van der Waals surface area contributed by atoms with Crippen LogP contribution in [-0.4, -0.2) is 46.9 Å². The first-order valence-corrected chi connectivity index (χ1v) is 8.08. The summed E-state index contributed by atoms with van der Waals surface area (Å²) in [6.45, 7) is 4.95. The molecule has 8 nitrogen and oxygen atoms in total. The molecule has 2 aliphatic heterocycles. The molecule has 0 aromatic carbocycles. The fraction of sp³-hybridized carbons (Fsp3) is 0.600. The van der Waals surface area contributed by atoms with E-state index in [0.717, 1.165) is 6.42 Å². The maximum Gasteiger partial charge on any atom is 0.187 e. The van der Waals surface area contributed by atoms with Crippen molar-refractivity contribution in [2.24, 2.45) is 25.9 Å². The topological polar surface area (TPSA) is 104 Å². The van der Waals surface area contributed by atoms with Crippen LogP contribution >= 0.6 is 0 Å². The molecule has 0 aliphatic carbocycles. The highest BCUT2D eigenvalue weighted by molar-refractivity contribution is 5.84. The molecule has 128 valence electrons. The number of hydrogen-bond acceptors (Lipinski definition) is 7. The number of halogens is 1. The molecule has 1 aromatic rings. The summed E-state index contributed by atoms with van der Waals surface area (Å²) in [7, 11) is 0. The highest BCUT2D eigenvalue weighted by Crippen LogP contribution is 2.24. The highest BCUT2D eigenvalue weighted by Gasteiger charge is 2.26. The minimum Gasteiger partial charge on any atom is -0.387 e. The van der Waals surface area contributed by atoms with E-state index in [4.69, 9.17) is 5.73 Å². The van der Waals surface area contributed by atoms with Gasteiger partial charge in [-0.3, -0.25) is 4.99 Å². The zero-order chi connectivity index (χ0) is 17.1. The SMILES string of the molecule is CCc1ncnc(N2CC[C@H](N=C(N)C[C@H]3N=NC(C)=N3)C2)c1F. The highest BCUT2D eigenvalue weighted by atomic mass is 19.1. The Labute approximate surface area is 139 Å². The Morgan fingerprint density at radius 1 is 1.46 bits per heavy atom. The minimum atomic E-state index is -0.339. The normalized spacial score (nSPS) is 23.9. The second-order valence-electron chi connectivity index (χ2n) is 5.90. The number of amidine groups is 2.